The van der Waals surface area contributed by atoms with Crippen LogP contribution in [0.5, 0.6) is 0 Å². The van der Waals surface area contributed by atoms with Gasteiger partial charge in [0.05, 0.1) is 6.61 Å². The summed E-state index contributed by atoms with van der Waals surface area (Å²) in [5, 5.41) is 2.34. The molecule has 0 amide bonds. The van der Waals surface area contributed by atoms with Crippen LogP contribution in [-0.4, -0.2) is 17.6 Å². The molecule has 0 aliphatic carbocycles. The molecule has 106 valence electrons. The third kappa shape index (κ3) is 3.87. The van der Waals surface area contributed by atoms with Gasteiger partial charge in [0.15, 0.2) is 5.69 Å². The third-order valence-electron chi connectivity index (χ3n) is 2.73. The minimum atomic E-state index is -0.407. The number of hydrogen-bond donors (Lipinski definition) is 0. The summed E-state index contributed by atoms with van der Waals surface area (Å²) in [7, 11) is 0. The minimum absolute atomic E-state index is 0.293. The van der Waals surface area contributed by atoms with Crippen LogP contribution in [0.4, 0.5) is 4.39 Å². The highest BCUT2D eigenvalue weighted by molar-refractivity contribution is 7.13. The Morgan fingerprint density at radius 3 is 2.70 bits per heavy atom. The lowest BCUT2D eigenvalue weighted by Crippen LogP contribution is -2.08. The molecule has 2 aromatic rings. The van der Waals surface area contributed by atoms with E-state index in [-0.39, 0.29) is 5.82 Å². The molecule has 3 nitrogen and oxygen atoms in total. The number of ether oxygens (including phenoxy) is 1. The summed E-state index contributed by atoms with van der Waals surface area (Å²) in [5.74, 6) is -0.207. The summed E-state index contributed by atoms with van der Waals surface area (Å²) in [6.07, 6.45) is 0.834. The summed E-state index contributed by atoms with van der Waals surface area (Å²) in [4.78, 5) is 16.0. The zero-order valence-electron chi connectivity index (χ0n) is 11.4. The number of carbonyl (C=O) groups excluding carboxylic acids is 1. The first-order valence-electron chi connectivity index (χ1n) is 6.45. The van der Waals surface area contributed by atoms with Crippen molar-refractivity contribution < 1.29 is 13.9 Å². The van der Waals surface area contributed by atoms with Crippen LogP contribution in [0, 0.1) is 11.7 Å². The zero-order chi connectivity index (χ0) is 14.5. The fraction of sp³-hybridized carbons (Fsp3) is 0.333. The van der Waals surface area contributed by atoms with E-state index >= 15 is 0 Å². The predicted molar refractivity (Wildman–Crippen MR) is 77.2 cm³/mol. The van der Waals surface area contributed by atoms with E-state index in [2.05, 4.69) is 18.8 Å². The number of nitrogens with zero attached hydrogens (tertiary/aromatic N) is 1. The maximum atomic E-state index is 12.8. The summed E-state index contributed by atoms with van der Waals surface area (Å²) < 4.78 is 18.0. The van der Waals surface area contributed by atoms with E-state index in [1.54, 1.807) is 17.5 Å². The molecule has 1 heterocycles. The van der Waals surface area contributed by atoms with Gasteiger partial charge < -0.3 is 4.74 Å². The average Bonchev–Trinajstić information content (AvgIpc) is 2.88. The number of thiazole rings is 1. The molecule has 0 unspecified atom stereocenters. The fourth-order valence-corrected chi connectivity index (χ4v) is 2.35. The number of hydrogen-bond acceptors (Lipinski definition) is 4. The van der Waals surface area contributed by atoms with Crippen LogP contribution in [-0.2, 0) is 4.74 Å². The second kappa shape index (κ2) is 6.61. The monoisotopic (exact) mass is 293 g/mol. The number of carbonyl (C=O) groups is 1. The van der Waals surface area contributed by atoms with E-state index in [1.165, 1.54) is 23.5 Å². The maximum absolute atomic E-state index is 12.8. The molecule has 1 aromatic heterocycles. The Morgan fingerprint density at radius 2 is 2.05 bits per heavy atom. The van der Waals surface area contributed by atoms with Crippen LogP contribution < -0.4 is 0 Å². The number of halogens is 1. The van der Waals surface area contributed by atoms with Crippen LogP contribution in [0.1, 0.15) is 30.8 Å². The first-order chi connectivity index (χ1) is 9.56. The second-order valence-corrected chi connectivity index (χ2v) is 5.72. The van der Waals surface area contributed by atoms with Crippen LogP contribution >= 0.6 is 11.3 Å². The quantitative estimate of drug-likeness (QED) is 0.777. The molecule has 1 aromatic carbocycles. The Kier molecular flexibility index (Phi) is 4.84. The van der Waals surface area contributed by atoms with Gasteiger partial charge in [-0.1, -0.05) is 13.8 Å². The highest BCUT2D eigenvalue weighted by Gasteiger charge is 2.13. The van der Waals surface area contributed by atoms with Crippen molar-refractivity contribution in [1.29, 1.82) is 0 Å². The Hall–Kier alpha value is -1.75. The summed E-state index contributed by atoms with van der Waals surface area (Å²) >= 11 is 1.34. The molecule has 20 heavy (non-hydrogen) atoms. The SMILES string of the molecule is CC(C)CCOC(=O)c1csc(-c2ccc(F)cc2)n1. The van der Waals surface area contributed by atoms with E-state index in [0.717, 1.165) is 12.0 Å². The third-order valence-corrected chi connectivity index (χ3v) is 3.62. The lowest BCUT2D eigenvalue weighted by atomic mass is 10.1. The van der Waals surface area contributed by atoms with Crippen molar-refractivity contribution in [1.82, 2.24) is 4.98 Å². The molecular formula is C15H16FNO2S. The standard InChI is InChI=1S/C15H16FNO2S/c1-10(2)7-8-19-15(18)13-9-20-14(17-13)11-3-5-12(16)6-4-11/h3-6,9-10H,7-8H2,1-2H3. The van der Waals surface area contributed by atoms with Gasteiger partial charge in [-0.05, 0) is 36.6 Å². The van der Waals surface area contributed by atoms with Crippen LogP contribution in [0.2, 0.25) is 0 Å². The lowest BCUT2D eigenvalue weighted by Gasteiger charge is -2.04. The molecule has 0 radical (unpaired) electrons. The van der Waals surface area contributed by atoms with E-state index in [4.69, 9.17) is 4.74 Å². The molecule has 0 saturated heterocycles. The van der Waals surface area contributed by atoms with Gasteiger partial charge in [-0.25, -0.2) is 14.2 Å². The zero-order valence-corrected chi connectivity index (χ0v) is 12.2. The first kappa shape index (κ1) is 14.7. The molecule has 0 aliphatic rings. The second-order valence-electron chi connectivity index (χ2n) is 4.86. The smallest absolute Gasteiger partial charge is 0.357 e. The van der Waals surface area contributed by atoms with Crippen molar-refractivity contribution in [2.75, 3.05) is 6.61 Å². The molecule has 0 fully saturated rings. The fourth-order valence-electron chi connectivity index (χ4n) is 1.55. The number of rotatable bonds is 5. The van der Waals surface area contributed by atoms with Gasteiger partial charge in [0.2, 0.25) is 0 Å². The largest absolute Gasteiger partial charge is 0.461 e. The lowest BCUT2D eigenvalue weighted by molar-refractivity contribution is 0.0482. The average molecular weight is 293 g/mol. The van der Waals surface area contributed by atoms with Crippen molar-refractivity contribution in [2.45, 2.75) is 20.3 Å². The van der Waals surface area contributed by atoms with Crippen molar-refractivity contribution in [3.63, 3.8) is 0 Å². The molecule has 0 bridgehead atoms. The van der Waals surface area contributed by atoms with E-state index < -0.39 is 5.97 Å². The Bertz CT molecular complexity index is 578. The topological polar surface area (TPSA) is 39.2 Å². The molecule has 0 atom stereocenters. The molecule has 0 saturated carbocycles. The molecule has 0 spiro atoms. The van der Waals surface area contributed by atoms with Gasteiger partial charge in [0.1, 0.15) is 10.8 Å². The maximum Gasteiger partial charge on any atom is 0.357 e. The first-order valence-corrected chi connectivity index (χ1v) is 7.33. The molecule has 2 rings (SSSR count). The van der Waals surface area contributed by atoms with Gasteiger partial charge in [-0.3, -0.25) is 0 Å². The Labute approximate surface area is 121 Å². The predicted octanol–water partition coefficient (Wildman–Crippen LogP) is 4.15. The van der Waals surface area contributed by atoms with Crippen molar-refractivity contribution in [3.8, 4) is 10.6 Å². The van der Waals surface area contributed by atoms with Crippen LogP contribution in [0.3, 0.4) is 0 Å². The highest BCUT2D eigenvalue weighted by atomic mass is 32.1. The number of benzene rings is 1. The number of aromatic nitrogens is 1. The summed E-state index contributed by atoms with van der Waals surface area (Å²) in [6.45, 7) is 4.55. The van der Waals surface area contributed by atoms with E-state index in [9.17, 15) is 9.18 Å². The van der Waals surface area contributed by atoms with Crippen molar-refractivity contribution in [3.05, 3.63) is 41.2 Å². The van der Waals surface area contributed by atoms with E-state index in [0.29, 0.717) is 23.2 Å². The van der Waals surface area contributed by atoms with Gasteiger partial charge in [0.25, 0.3) is 0 Å². The number of esters is 1. The van der Waals surface area contributed by atoms with Gasteiger partial charge in [-0.2, -0.15) is 0 Å². The Morgan fingerprint density at radius 1 is 1.35 bits per heavy atom. The minimum Gasteiger partial charge on any atom is -0.461 e. The van der Waals surface area contributed by atoms with E-state index in [1.807, 2.05) is 0 Å². The summed E-state index contributed by atoms with van der Waals surface area (Å²) in [5.41, 5.74) is 1.09. The van der Waals surface area contributed by atoms with Gasteiger partial charge in [-0.15, -0.1) is 11.3 Å². The van der Waals surface area contributed by atoms with Crippen molar-refractivity contribution in [2.24, 2.45) is 5.92 Å². The normalized spacial score (nSPS) is 10.8. The van der Waals surface area contributed by atoms with Gasteiger partial charge in [0, 0.05) is 10.9 Å². The highest BCUT2D eigenvalue weighted by Crippen LogP contribution is 2.24. The van der Waals surface area contributed by atoms with Crippen molar-refractivity contribution >= 4 is 17.3 Å². The molecule has 0 aliphatic heterocycles. The van der Waals surface area contributed by atoms with Crippen LogP contribution in [0.15, 0.2) is 29.6 Å². The van der Waals surface area contributed by atoms with Gasteiger partial charge >= 0.3 is 5.97 Å². The molecule has 5 heteroatoms. The summed E-state index contributed by atoms with van der Waals surface area (Å²) in [6, 6.07) is 6.03. The Balaban J connectivity index is 2.01. The molecule has 0 N–H and O–H groups in total. The van der Waals surface area contributed by atoms with Crippen LogP contribution in [0.25, 0.3) is 10.6 Å². The molecular weight excluding hydrogens is 277 g/mol.